The first kappa shape index (κ1) is 12.5. The summed E-state index contributed by atoms with van der Waals surface area (Å²) in [5, 5.41) is 3.24. The zero-order valence-electron chi connectivity index (χ0n) is 9.67. The van der Waals surface area contributed by atoms with Crippen molar-refractivity contribution < 1.29 is 23.5 Å². The third-order valence-electron chi connectivity index (χ3n) is 3.11. The lowest BCUT2D eigenvalue weighted by molar-refractivity contribution is -0.109. The van der Waals surface area contributed by atoms with Crippen molar-refractivity contribution in [2.75, 3.05) is 26.9 Å². The smallest absolute Gasteiger partial charge is 0.325 e. The SMILES string of the molecule is COC[C@]12CN[C@@H](C1OP(C)(=O)O)[C@H](C)O2. The fraction of sp³-hybridized carbons (Fsp3) is 1.00. The van der Waals surface area contributed by atoms with Crippen LogP contribution in [-0.4, -0.2) is 55.7 Å². The average molecular weight is 251 g/mol. The van der Waals surface area contributed by atoms with Crippen LogP contribution < -0.4 is 5.32 Å². The number of fused-ring (bicyclic) bond motifs is 2. The normalized spacial score (nSPS) is 45.9. The van der Waals surface area contributed by atoms with Crippen LogP contribution in [0.25, 0.3) is 0 Å². The summed E-state index contributed by atoms with van der Waals surface area (Å²) in [5.41, 5.74) is -0.632. The Labute approximate surface area is 94.8 Å². The fourth-order valence-electron chi connectivity index (χ4n) is 2.57. The maximum absolute atomic E-state index is 11.4. The lowest BCUT2D eigenvalue weighted by Crippen LogP contribution is -2.47. The zero-order valence-corrected chi connectivity index (χ0v) is 10.6. The second-order valence-corrected chi connectivity index (χ2v) is 6.37. The Bertz CT molecular complexity index is 319. The molecule has 2 aliphatic rings. The van der Waals surface area contributed by atoms with Crippen molar-refractivity contribution in [1.29, 1.82) is 0 Å². The first-order valence-electron chi connectivity index (χ1n) is 5.27. The average Bonchev–Trinajstić information content (AvgIpc) is 2.54. The molecule has 0 aromatic rings. The molecule has 0 aromatic heterocycles. The molecule has 0 amide bonds. The lowest BCUT2D eigenvalue weighted by Gasteiger charge is -2.30. The van der Waals surface area contributed by atoms with Gasteiger partial charge >= 0.3 is 7.60 Å². The Balaban J connectivity index is 2.19. The number of methoxy groups -OCH3 is 1. The summed E-state index contributed by atoms with van der Waals surface area (Å²) in [6.07, 6.45) is -0.469. The fourth-order valence-corrected chi connectivity index (χ4v) is 3.32. The molecule has 2 fully saturated rings. The second-order valence-electron chi connectivity index (χ2n) is 4.56. The van der Waals surface area contributed by atoms with Crippen molar-refractivity contribution in [3.05, 3.63) is 0 Å². The number of rotatable bonds is 4. The number of hydrogen-bond donors (Lipinski definition) is 2. The molecule has 7 heteroatoms. The molecule has 2 heterocycles. The highest BCUT2D eigenvalue weighted by atomic mass is 31.2. The van der Waals surface area contributed by atoms with E-state index >= 15 is 0 Å². The molecule has 2 bridgehead atoms. The van der Waals surface area contributed by atoms with Crippen LogP contribution in [0.4, 0.5) is 0 Å². The van der Waals surface area contributed by atoms with Crippen molar-refractivity contribution in [3.63, 3.8) is 0 Å². The summed E-state index contributed by atoms with van der Waals surface area (Å²) in [7, 11) is -1.94. The number of nitrogens with one attached hydrogen (secondary N) is 1. The van der Waals surface area contributed by atoms with Gasteiger partial charge in [-0.2, -0.15) is 0 Å². The topological polar surface area (TPSA) is 77.0 Å². The van der Waals surface area contributed by atoms with Crippen LogP contribution in [0.1, 0.15) is 6.92 Å². The monoisotopic (exact) mass is 251 g/mol. The molecule has 0 spiro atoms. The van der Waals surface area contributed by atoms with Gasteiger partial charge in [0.15, 0.2) is 0 Å². The van der Waals surface area contributed by atoms with Crippen molar-refractivity contribution >= 4 is 7.60 Å². The molecule has 2 N–H and O–H groups in total. The van der Waals surface area contributed by atoms with E-state index in [2.05, 4.69) is 5.32 Å². The number of ether oxygens (including phenoxy) is 2. The molecule has 2 unspecified atom stereocenters. The van der Waals surface area contributed by atoms with E-state index in [0.29, 0.717) is 13.2 Å². The van der Waals surface area contributed by atoms with Crippen LogP contribution >= 0.6 is 7.60 Å². The highest BCUT2D eigenvalue weighted by Crippen LogP contribution is 2.47. The van der Waals surface area contributed by atoms with E-state index in [-0.39, 0.29) is 12.1 Å². The molecule has 94 valence electrons. The van der Waals surface area contributed by atoms with Crippen LogP contribution in [0.2, 0.25) is 0 Å². The highest BCUT2D eigenvalue weighted by molar-refractivity contribution is 7.51. The Morgan fingerprint density at radius 1 is 1.69 bits per heavy atom. The van der Waals surface area contributed by atoms with E-state index in [9.17, 15) is 9.46 Å². The molecular formula is C9H18NO5P. The molecule has 16 heavy (non-hydrogen) atoms. The summed E-state index contributed by atoms with van der Waals surface area (Å²) in [4.78, 5) is 9.32. The van der Waals surface area contributed by atoms with Crippen molar-refractivity contribution in [1.82, 2.24) is 5.32 Å². The van der Waals surface area contributed by atoms with E-state index in [1.807, 2.05) is 6.92 Å². The molecule has 2 aliphatic heterocycles. The first-order valence-corrected chi connectivity index (χ1v) is 7.29. The minimum atomic E-state index is -3.52. The van der Waals surface area contributed by atoms with Crippen molar-refractivity contribution in [2.45, 2.75) is 30.8 Å². The van der Waals surface area contributed by atoms with Gasteiger partial charge in [-0.15, -0.1) is 0 Å². The van der Waals surface area contributed by atoms with Gasteiger partial charge in [-0.05, 0) is 6.92 Å². The minimum absolute atomic E-state index is 0.0413. The largest absolute Gasteiger partial charge is 0.382 e. The quantitative estimate of drug-likeness (QED) is 0.683. The van der Waals surface area contributed by atoms with Gasteiger partial charge in [0, 0.05) is 20.3 Å². The van der Waals surface area contributed by atoms with Crippen molar-refractivity contribution in [2.24, 2.45) is 0 Å². The van der Waals surface area contributed by atoms with Gasteiger partial charge in [-0.1, -0.05) is 0 Å². The predicted octanol–water partition coefficient (Wildman–Crippen LogP) is -0.0375. The maximum Gasteiger partial charge on any atom is 0.325 e. The third kappa shape index (κ3) is 2.06. The van der Waals surface area contributed by atoms with Crippen LogP contribution in [0.15, 0.2) is 0 Å². The minimum Gasteiger partial charge on any atom is -0.382 e. The van der Waals surface area contributed by atoms with Gasteiger partial charge in [0.05, 0.1) is 18.8 Å². The molecule has 0 aromatic carbocycles. The van der Waals surface area contributed by atoms with Gasteiger partial charge in [0.2, 0.25) is 0 Å². The van der Waals surface area contributed by atoms with Gasteiger partial charge < -0.3 is 24.2 Å². The van der Waals surface area contributed by atoms with E-state index in [1.165, 1.54) is 6.66 Å². The van der Waals surface area contributed by atoms with Gasteiger partial charge in [0.25, 0.3) is 0 Å². The van der Waals surface area contributed by atoms with E-state index in [4.69, 9.17) is 14.0 Å². The molecule has 0 radical (unpaired) electrons. The lowest BCUT2D eigenvalue weighted by atomic mass is 10.00. The molecular weight excluding hydrogens is 233 g/mol. The van der Waals surface area contributed by atoms with Crippen LogP contribution in [-0.2, 0) is 18.6 Å². The summed E-state index contributed by atoms with van der Waals surface area (Å²) >= 11 is 0. The Morgan fingerprint density at radius 3 is 2.88 bits per heavy atom. The summed E-state index contributed by atoms with van der Waals surface area (Å²) < 4.78 is 27.5. The molecule has 0 saturated carbocycles. The van der Waals surface area contributed by atoms with Gasteiger partial charge in [0.1, 0.15) is 11.7 Å². The van der Waals surface area contributed by atoms with E-state index in [1.54, 1.807) is 7.11 Å². The predicted molar refractivity (Wildman–Crippen MR) is 57.6 cm³/mol. The number of hydrogen-bond acceptors (Lipinski definition) is 5. The zero-order chi connectivity index (χ0) is 12.0. The second kappa shape index (κ2) is 4.05. The highest BCUT2D eigenvalue weighted by Gasteiger charge is 2.60. The van der Waals surface area contributed by atoms with E-state index < -0.39 is 19.3 Å². The summed E-state index contributed by atoms with van der Waals surface area (Å²) in [6, 6.07) is -0.0458. The van der Waals surface area contributed by atoms with Crippen LogP contribution in [0, 0.1) is 0 Å². The summed E-state index contributed by atoms with van der Waals surface area (Å²) in [5.74, 6) is 0. The molecule has 2 rings (SSSR count). The Morgan fingerprint density at radius 2 is 2.38 bits per heavy atom. The van der Waals surface area contributed by atoms with Gasteiger partial charge in [-0.3, -0.25) is 4.57 Å². The van der Waals surface area contributed by atoms with Crippen LogP contribution in [0.3, 0.4) is 0 Å². The van der Waals surface area contributed by atoms with E-state index in [0.717, 1.165) is 0 Å². The first-order chi connectivity index (χ1) is 7.38. The molecule has 5 atom stereocenters. The standard InChI is InChI=1S/C9H18NO5P/c1-6-7-8(15-16(3,11)12)9(14-6,4-10-7)5-13-2/h6-8,10H,4-5H2,1-3H3,(H,11,12)/t6-,7+,8?,9+/m0/s1. The van der Waals surface area contributed by atoms with Gasteiger partial charge in [-0.25, -0.2) is 0 Å². The Hall–Kier alpha value is 0.0300. The molecule has 0 aliphatic carbocycles. The Kier molecular flexibility index (Phi) is 3.16. The number of morpholine rings is 1. The summed E-state index contributed by atoms with van der Waals surface area (Å²) in [6.45, 7) is 4.05. The van der Waals surface area contributed by atoms with Crippen LogP contribution in [0.5, 0.6) is 0 Å². The molecule has 2 saturated heterocycles. The molecule has 6 nitrogen and oxygen atoms in total. The maximum atomic E-state index is 11.4. The van der Waals surface area contributed by atoms with Crippen molar-refractivity contribution in [3.8, 4) is 0 Å². The third-order valence-corrected chi connectivity index (χ3v) is 3.72.